The summed E-state index contributed by atoms with van der Waals surface area (Å²) in [6.45, 7) is 6.28. The third-order valence-corrected chi connectivity index (χ3v) is 7.58. The third-order valence-electron chi connectivity index (χ3n) is 6.55. The Morgan fingerprint density at radius 2 is 2.00 bits per heavy atom. The van der Waals surface area contributed by atoms with Gasteiger partial charge in [-0.05, 0) is 57.9 Å². The monoisotopic (exact) mass is 497 g/mol. The lowest BCUT2D eigenvalue weighted by Crippen LogP contribution is -2.33. The van der Waals surface area contributed by atoms with Crippen molar-refractivity contribution in [1.82, 2.24) is 25.2 Å². The maximum absolute atomic E-state index is 12.7. The number of nitrogens with one attached hydrogen (secondary N) is 2. The van der Waals surface area contributed by atoms with Crippen molar-refractivity contribution in [2.75, 3.05) is 13.6 Å². The van der Waals surface area contributed by atoms with Crippen LogP contribution in [0.4, 0.5) is 0 Å². The van der Waals surface area contributed by atoms with E-state index in [0.29, 0.717) is 18.3 Å². The summed E-state index contributed by atoms with van der Waals surface area (Å²) in [4.78, 5) is 22.3. The summed E-state index contributed by atoms with van der Waals surface area (Å²) in [5.74, 6) is 0.858. The molecule has 0 unspecified atom stereocenters. The SMILES string of the molecule is C/C(=C/C=C(\C)CNC(=O)C/C=C(\c1ncc(-c2ccc(C)s2)n1C)N(C)C1CCCCC1)NO. The van der Waals surface area contributed by atoms with Crippen LogP contribution in [-0.2, 0) is 11.8 Å². The maximum Gasteiger partial charge on any atom is 0.224 e. The van der Waals surface area contributed by atoms with Gasteiger partial charge in [0.15, 0.2) is 5.82 Å². The summed E-state index contributed by atoms with van der Waals surface area (Å²) in [6.07, 6.45) is 14.0. The van der Waals surface area contributed by atoms with Crippen molar-refractivity contribution in [3.8, 4) is 10.6 Å². The maximum atomic E-state index is 12.7. The van der Waals surface area contributed by atoms with Crippen molar-refractivity contribution in [2.24, 2.45) is 7.05 Å². The zero-order valence-corrected chi connectivity index (χ0v) is 22.4. The number of hydrogen-bond donors (Lipinski definition) is 3. The Morgan fingerprint density at radius 1 is 1.26 bits per heavy atom. The van der Waals surface area contributed by atoms with Crippen molar-refractivity contribution < 1.29 is 10.0 Å². The molecule has 2 aromatic rings. The average molecular weight is 498 g/mol. The average Bonchev–Trinajstić information content (AvgIpc) is 3.46. The predicted molar refractivity (Wildman–Crippen MR) is 144 cm³/mol. The Hall–Kier alpha value is -2.84. The summed E-state index contributed by atoms with van der Waals surface area (Å²) < 4.78 is 2.14. The van der Waals surface area contributed by atoms with Crippen molar-refractivity contribution in [2.45, 2.75) is 65.3 Å². The smallest absolute Gasteiger partial charge is 0.224 e. The Balaban J connectivity index is 1.79. The minimum absolute atomic E-state index is 0.0309. The van der Waals surface area contributed by atoms with Gasteiger partial charge in [0, 0.05) is 43.7 Å². The number of carbonyl (C=O) groups excluding carboxylic acids is 1. The topological polar surface area (TPSA) is 82.4 Å². The molecule has 0 radical (unpaired) electrons. The molecule has 0 aliphatic heterocycles. The molecule has 190 valence electrons. The summed E-state index contributed by atoms with van der Waals surface area (Å²) >= 11 is 1.77. The van der Waals surface area contributed by atoms with E-state index in [2.05, 4.69) is 53.4 Å². The van der Waals surface area contributed by atoms with Crippen LogP contribution < -0.4 is 10.8 Å². The van der Waals surface area contributed by atoms with Gasteiger partial charge in [-0.1, -0.05) is 30.9 Å². The van der Waals surface area contributed by atoms with E-state index in [1.165, 1.54) is 41.9 Å². The highest BCUT2D eigenvalue weighted by atomic mass is 32.1. The van der Waals surface area contributed by atoms with Crippen molar-refractivity contribution in [3.63, 3.8) is 0 Å². The molecule has 1 fully saturated rings. The first-order valence-corrected chi connectivity index (χ1v) is 13.1. The quantitative estimate of drug-likeness (QED) is 0.303. The Labute approximate surface area is 213 Å². The van der Waals surface area contributed by atoms with Gasteiger partial charge in [0.05, 0.1) is 22.5 Å². The molecule has 2 heterocycles. The minimum atomic E-state index is -0.0309. The highest BCUT2D eigenvalue weighted by molar-refractivity contribution is 7.15. The standard InChI is InChI=1S/C27H39N5O2S/c1-19(11-12-20(2)30-34)17-28-26(33)16-14-23(31(4)22-9-7-6-8-10-22)27-29-18-24(32(27)5)25-15-13-21(3)35-25/h11-15,18,22,30,34H,6-10,16-17H2,1-5H3,(H,28,33)/b19-11+,20-12-,23-14+. The van der Waals surface area contributed by atoms with E-state index in [0.717, 1.165) is 22.8 Å². The molecule has 1 amide bonds. The largest absolute Gasteiger partial charge is 0.369 e. The zero-order valence-electron chi connectivity index (χ0n) is 21.6. The molecule has 0 saturated heterocycles. The van der Waals surface area contributed by atoms with E-state index in [1.54, 1.807) is 24.3 Å². The Kier molecular flexibility index (Phi) is 9.74. The number of rotatable bonds is 10. The summed E-state index contributed by atoms with van der Waals surface area (Å²) in [5, 5.41) is 11.9. The first kappa shape index (κ1) is 26.8. The number of hydrogen-bond acceptors (Lipinski definition) is 6. The lowest BCUT2D eigenvalue weighted by Gasteiger charge is -2.34. The van der Waals surface area contributed by atoms with E-state index in [-0.39, 0.29) is 12.3 Å². The van der Waals surface area contributed by atoms with Gasteiger partial charge in [-0.25, -0.2) is 4.98 Å². The van der Waals surface area contributed by atoms with Crippen LogP contribution in [-0.4, -0.2) is 45.2 Å². The highest BCUT2D eigenvalue weighted by Crippen LogP contribution is 2.32. The van der Waals surface area contributed by atoms with Gasteiger partial charge in [0.2, 0.25) is 5.91 Å². The molecule has 0 aromatic carbocycles. The summed E-state index contributed by atoms with van der Waals surface area (Å²) in [5.41, 5.74) is 5.83. The molecular formula is C27H39N5O2S. The van der Waals surface area contributed by atoms with Crippen LogP contribution in [0.3, 0.4) is 0 Å². The third kappa shape index (κ3) is 7.32. The number of carbonyl (C=O) groups is 1. The number of hydroxylamine groups is 1. The molecule has 0 bridgehead atoms. The molecular weight excluding hydrogens is 458 g/mol. The van der Waals surface area contributed by atoms with Crippen molar-refractivity contribution in [3.05, 3.63) is 58.5 Å². The van der Waals surface area contributed by atoms with Crippen molar-refractivity contribution in [1.29, 1.82) is 0 Å². The number of aromatic nitrogens is 2. The molecule has 35 heavy (non-hydrogen) atoms. The van der Waals surface area contributed by atoms with Gasteiger partial charge in [0.25, 0.3) is 0 Å². The second kappa shape index (κ2) is 12.7. The number of aryl methyl sites for hydroxylation is 1. The van der Waals surface area contributed by atoms with Crippen LogP contribution in [0.1, 0.15) is 63.1 Å². The predicted octanol–water partition coefficient (Wildman–Crippen LogP) is 5.40. The van der Waals surface area contributed by atoms with Crippen LogP contribution in [0.5, 0.6) is 0 Å². The number of thiophene rings is 1. The fraction of sp³-hybridized carbons (Fsp3) is 0.481. The first-order valence-electron chi connectivity index (χ1n) is 12.3. The number of nitrogens with zero attached hydrogens (tertiary/aromatic N) is 3. The molecule has 7 nitrogen and oxygen atoms in total. The van der Waals surface area contributed by atoms with Crippen LogP contribution in [0.15, 0.2) is 47.8 Å². The second-order valence-electron chi connectivity index (χ2n) is 9.38. The van der Waals surface area contributed by atoms with Gasteiger partial charge in [0.1, 0.15) is 0 Å². The molecule has 3 N–H and O–H groups in total. The molecule has 2 aromatic heterocycles. The van der Waals surface area contributed by atoms with E-state index in [9.17, 15) is 4.79 Å². The fourth-order valence-electron chi connectivity index (χ4n) is 4.37. The molecule has 1 aliphatic rings. The Bertz CT molecular complexity index is 1090. The molecule has 0 spiro atoms. The lowest BCUT2D eigenvalue weighted by atomic mass is 9.94. The zero-order chi connectivity index (χ0) is 25.4. The van der Waals surface area contributed by atoms with Gasteiger partial charge in [-0.3, -0.25) is 15.5 Å². The second-order valence-corrected chi connectivity index (χ2v) is 10.7. The number of imidazole rings is 1. The Morgan fingerprint density at radius 3 is 2.66 bits per heavy atom. The summed E-state index contributed by atoms with van der Waals surface area (Å²) in [6, 6.07) is 4.74. The van der Waals surface area contributed by atoms with E-state index >= 15 is 0 Å². The van der Waals surface area contributed by atoms with Gasteiger partial charge >= 0.3 is 0 Å². The highest BCUT2D eigenvalue weighted by Gasteiger charge is 2.24. The van der Waals surface area contributed by atoms with E-state index < -0.39 is 0 Å². The molecule has 8 heteroatoms. The van der Waals surface area contributed by atoms with Crippen molar-refractivity contribution >= 4 is 22.9 Å². The summed E-state index contributed by atoms with van der Waals surface area (Å²) in [7, 11) is 4.19. The van der Waals surface area contributed by atoms with Crippen LogP contribution >= 0.6 is 11.3 Å². The van der Waals surface area contributed by atoms with Gasteiger partial charge < -0.3 is 14.8 Å². The fourth-order valence-corrected chi connectivity index (χ4v) is 5.28. The van der Waals surface area contributed by atoms with Crippen LogP contribution in [0.25, 0.3) is 16.3 Å². The van der Waals surface area contributed by atoms with E-state index in [4.69, 9.17) is 10.2 Å². The number of amides is 1. The lowest BCUT2D eigenvalue weighted by molar-refractivity contribution is -0.120. The van der Waals surface area contributed by atoms with Gasteiger partial charge in [-0.15, -0.1) is 11.3 Å². The molecule has 1 saturated carbocycles. The normalized spacial score (nSPS) is 15.9. The first-order chi connectivity index (χ1) is 16.8. The molecule has 1 aliphatic carbocycles. The van der Waals surface area contributed by atoms with Crippen LogP contribution in [0, 0.1) is 6.92 Å². The molecule has 0 atom stereocenters. The van der Waals surface area contributed by atoms with Gasteiger partial charge in [-0.2, -0.15) is 0 Å². The van der Waals surface area contributed by atoms with E-state index in [1.807, 2.05) is 25.3 Å². The molecule has 3 rings (SSSR count). The minimum Gasteiger partial charge on any atom is -0.369 e. The van der Waals surface area contributed by atoms with Crippen LogP contribution in [0.2, 0.25) is 0 Å². The number of allylic oxidation sites excluding steroid dienone is 3.